The topological polar surface area (TPSA) is 60.3 Å². The van der Waals surface area contributed by atoms with Gasteiger partial charge in [0, 0.05) is 32.6 Å². The Balaban J connectivity index is 2.01. The van der Waals surface area contributed by atoms with Crippen LogP contribution in [0.2, 0.25) is 5.02 Å². The first kappa shape index (κ1) is 19.0. The van der Waals surface area contributed by atoms with Crippen molar-refractivity contribution < 1.29 is 14.3 Å². The zero-order valence-corrected chi connectivity index (χ0v) is 17.9. The Morgan fingerprint density at radius 1 is 1.21 bits per heavy atom. The fraction of sp³-hybridized carbons (Fsp3) is 0.238. The zero-order chi connectivity index (χ0) is 20.2. The molecular formula is C21H18BrClN2O3. The molecule has 1 amide bonds. The predicted molar refractivity (Wildman–Crippen MR) is 113 cm³/mol. The third kappa shape index (κ3) is 3.20. The number of fused-ring (bicyclic) bond motifs is 2. The van der Waals surface area contributed by atoms with E-state index in [0.29, 0.717) is 33.9 Å². The average Bonchev–Trinajstić information content (AvgIpc) is 3.15. The van der Waals surface area contributed by atoms with E-state index in [1.807, 2.05) is 45.0 Å². The summed E-state index contributed by atoms with van der Waals surface area (Å²) >= 11 is 9.76. The monoisotopic (exact) mass is 460 g/mol. The van der Waals surface area contributed by atoms with E-state index in [-0.39, 0.29) is 5.91 Å². The highest BCUT2D eigenvalue weighted by molar-refractivity contribution is 9.10. The molecule has 0 fully saturated rings. The summed E-state index contributed by atoms with van der Waals surface area (Å²) in [6.07, 6.45) is -0.498. The van der Waals surface area contributed by atoms with Gasteiger partial charge in [0.15, 0.2) is 0 Å². The summed E-state index contributed by atoms with van der Waals surface area (Å²) in [6.45, 7) is 5.83. The lowest BCUT2D eigenvalue weighted by molar-refractivity contribution is 0.0547. The van der Waals surface area contributed by atoms with Gasteiger partial charge in [-0.25, -0.2) is 9.36 Å². The van der Waals surface area contributed by atoms with Crippen molar-refractivity contribution in [2.75, 3.05) is 0 Å². The molecule has 0 spiro atoms. The SMILES string of the molecule is CC(C)(C)OC(=O)n1c(-c2ccc(Cl)c3c2C(=O)NC3)cc2cc(Br)ccc21. The van der Waals surface area contributed by atoms with Crippen molar-refractivity contribution in [2.24, 2.45) is 0 Å². The van der Waals surface area contributed by atoms with Crippen LogP contribution in [0.15, 0.2) is 40.9 Å². The summed E-state index contributed by atoms with van der Waals surface area (Å²) in [5.41, 5.74) is 2.53. The van der Waals surface area contributed by atoms with Crippen LogP contribution < -0.4 is 5.32 Å². The number of amides is 1. The molecule has 0 unspecified atom stereocenters. The molecule has 1 aromatic heterocycles. The third-order valence-electron chi connectivity index (χ3n) is 4.52. The summed E-state index contributed by atoms with van der Waals surface area (Å²) in [5, 5.41) is 4.20. The summed E-state index contributed by atoms with van der Waals surface area (Å²) < 4.78 is 8.05. The first-order valence-corrected chi connectivity index (χ1v) is 9.97. The molecule has 7 heteroatoms. The number of benzene rings is 2. The first-order chi connectivity index (χ1) is 13.2. The number of aromatic nitrogens is 1. The van der Waals surface area contributed by atoms with Gasteiger partial charge in [0.25, 0.3) is 5.91 Å². The maximum atomic E-state index is 13.1. The molecular weight excluding hydrogens is 444 g/mol. The van der Waals surface area contributed by atoms with E-state index in [9.17, 15) is 9.59 Å². The second kappa shape index (κ2) is 6.64. The van der Waals surface area contributed by atoms with E-state index in [2.05, 4.69) is 21.2 Å². The normalized spacial score (nSPS) is 13.5. The van der Waals surface area contributed by atoms with Crippen molar-refractivity contribution in [1.29, 1.82) is 0 Å². The fourth-order valence-corrected chi connectivity index (χ4v) is 4.02. The number of nitrogens with one attached hydrogen (secondary N) is 1. The van der Waals surface area contributed by atoms with E-state index < -0.39 is 11.7 Å². The molecule has 28 heavy (non-hydrogen) atoms. The quantitative estimate of drug-likeness (QED) is 0.502. The highest BCUT2D eigenvalue weighted by atomic mass is 79.9. The van der Waals surface area contributed by atoms with E-state index in [0.717, 1.165) is 15.4 Å². The molecule has 0 bridgehead atoms. The van der Waals surface area contributed by atoms with E-state index in [1.54, 1.807) is 12.1 Å². The number of carbonyl (C=O) groups is 2. The van der Waals surface area contributed by atoms with Crippen LogP contribution in [0.3, 0.4) is 0 Å². The summed E-state index contributed by atoms with van der Waals surface area (Å²) in [5.74, 6) is -0.199. The van der Waals surface area contributed by atoms with Crippen LogP contribution in [0, 0.1) is 0 Å². The van der Waals surface area contributed by atoms with Crippen LogP contribution in [-0.4, -0.2) is 22.2 Å². The van der Waals surface area contributed by atoms with Crippen molar-refractivity contribution >= 4 is 50.4 Å². The first-order valence-electron chi connectivity index (χ1n) is 8.80. The lowest BCUT2D eigenvalue weighted by Crippen LogP contribution is -2.27. The van der Waals surface area contributed by atoms with Gasteiger partial charge in [0.1, 0.15) is 5.60 Å². The largest absolute Gasteiger partial charge is 0.443 e. The number of rotatable bonds is 1. The van der Waals surface area contributed by atoms with Crippen molar-refractivity contribution in [1.82, 2.24) is 9.88 Å². The minimum atomic E-state index is -0.653. The van der Waals surface area contributed by atoms with E-state index in [1.165, 1.54) is 4.57 Å². The average molecular weight is 462 g/mol. The van der Waals surface area contributed by atoms with Crippen LogP contribution in [-0.2, 0) is 11.3 Å². The molecule has 0 saturated carbocycles. The fourth-order valence-electron chi connectivity index (χ4n) is 3.41. The number of halogens is 2. The van der Waals surface area contributed by atoms with Crippen molar-refractivity contribution in [2.45, 2.75) is 32.9 Å². The Morgan fingerprint density at radius 3 is 2.68 bits per heavy atom. The molecule has 0 radical (unpaired) electrons. The van der Waals surface area contributed by atoms with Gasteiger partial charge in [-0.1, -0.05) is 33.6 Å². The Hall–Kier alpha value is -2.31. The van der Waals surface area contributed by atoms with Crippen molar-refractivity contribution in [3.05, 3.63) is 57.0 Å². The standard InChI is InChI=1S/C21H18BrClN2O3/c1-21(2,3)28-20(27)25-16-7-4-12(22)8-11(16)9-17(25)13-5-6-15(23)14-10-24-19(26)18(13)14/h4-9H,10H2,1-3H3,(H,24,26). The molecule has 0 saturated heterocycles. The summed E-state index contributed by atoms with van der Waals surface area (Å²) in [4.78, 5) is 25.6. The van der Waals surface area contributed by atoms with Gasteiger partial charge in [-0.2, -0.15) is 0 Å². The molecule has 3 aromatic rings. The molecule has 2 heterocycles. The zero-order valence-electron chi connectivity index (χ0n) is 15.6. The number of nitrogens with zero attached hydrogens (tertiary/aromatic N) is 1. The minimum Gasteiger partial charge on any atom is -0.443 e. The molecule has 0 atom stereocenters. The summed E-state index contributed by atoms with van der Waals surface area (Å²) in [7, 11) is 0. The van der Waals surface area contributed by atoms with Gasteiger partial charge in [-0.05, 0) is 51.1 Å². The Labute approximate surface area is 175 Å². The van der Waals surface area contributed by atoms with Gasteiger partial charge in [0.2, 0.25) is 0 Å². The Morgan fingerprint density at radius 2 is 1.96 bits per heavy atom. The summed E-state index contributed by atoms with van der Waals surface area (Å²) in [6, 6.07) is 11.1. The molecule has 2 aromatic carbocycles. The van der Waals surface area contributed by atoms with Gasteiger partial charge < -0.3 is 10.1 Å². The highest BCUT2D eigenvalue weighted by Gasteiger charge is 2.29. The lowest BCUT2D eigenvalue weighted by atomic mass is 10.00. The lowest BCUT2D eigenvalue weighted by Gasteiger charge is -2.21. The van der Waals surface area contributed by atoms with Crippen LogP contribution in [0.1, 0.15) is 36.7 Å². The Kier molecular flexibility index (Phi) is 4.51. The molecule has 144 valence electrons. The van der Waals surface area contributed by atoms with Gasteiger partial charge >= 0.3 is 6.09 Å². The molecule has 0 aliphatic carbocycles. The number of hydrogen-bond acceptors (Lipinski definition) is 3. The van der Waals surface area contributed by atoms with Crippen LogP contribution in [0.5, 0.6) is 0 Å². The van der Waals surface area contributed by atoms with E-state index >= 15 is 0 Å². The molecule has 1 N–H and O–H groups in total. The van der Waals surface area contributed by atoms with Gasteiger partial charge in [-0.15, -0.1) is 0 Å². The van der Waals surface area contributed by atoms with Gasteiger partial charge in [0.05, 0.1) is 16.8 Å². The smallest absolute Gasteiger partial charge is 0.419 e. The molecule has 1 aliphatic heterocycles. The Bertz CT molecular complexity index is 1140. The maximum absolute atomic E-state index is 13.1. The maximum Gasteiger partial charge on any atom is 0.419 e. The second-order valence-electron chi connectivity index (χ2n) is 7.68. The number of hydrogen-bond donors (Lipinski definition) is 1. The van der Waals surface area contributed by atoms with Crippen LogP contribution in [0.25, 0.3) is 22.2 Å². The minimum absolute atomic E-state index is 0.199. The molecule has 1 aliphatic rings. The highest BCUT2D eigenvalue weighted by Crippen LogP contribution is 2.37. The molecule has 4 rings (SSSR count). The third-order valence-corrected chi connectivity index (χ3v) is 5.37. The number of carbonyl (C=O) groups excluding carboxylic acids is 2. The van der Waals surface area contributed by atoms with Gasteiger partial charge in [-0.3, -0.25) is 4.79 Å². The van der Waals surface area contributed by atoms with Crippen molar-refractivity contribution in [3.8, 4) is 11.3 Å². The van der Waals surface area contributed by atoms with Crippen molar-refractivity contribution in [3.63, 3.8) is 0 Å². The number of ether oxygens (including phenoxy) is 1. The van der Waals surface area contributed by atoms with Crippen LogP contribution in [0.4, 0.5) is 4.79 Å². The molecule has 5 nitrogen and oxygen atoms in total. The van der Waals surface area contributed by atoms with E-state index in [4.69, 9.17) is 16.3 Å². The van der Waals surface area contributed by atoms with Crippen LogP contribution >= 0.6 is 27.5 Å². The predicted octanol–water partition coefficient (Wildman–Crippen LogP) is 5.75. The second-order valence-corrected chi connectivity index (χ2v) is 9.00.